The maximum atomic E-state index is 13.1. The van der Waals surface area contributed by atoms with Crippen molar-refractivity contribution in [2.75, 3.05) is 6.54 Å². The number of benzene rings is 1. The van der Waals surface area contributed by atoms with Crippen LogP contribution in [0.3, 0.4) is 0 Å². The number of likely N-dealkylation sites (tertiary alicyclic amines) is 1. The topological polar surface area (TPSA) is 46.6 Å². The van der Waals surface area contributed by atoms with Crippen molar-refractivity contribution in [1.29, 1.82) is 0 Å². The van der Waals surface area contributed by atoms with Crippen LogP contribution in [0.2, 0.25) is 0 Å². The van der Waals surface area contributed by atoms with Crippen molar-refractivity contribution in [2.45, 2.75) is 57.1 Å². The van der Waals surface area contributed by atoms with Gasteiger partial charge in [-0.1, -0.05) is 12.1 Å². The number of hydrogen-bond donors (Lipinski definition) is 0. The van der Waals surface area contributed by atoms with E-state index >= 15 is 0 Å². The molecule has 25 heavy (non-hydrogen) atoms. The molecule has 4 nitrogen and oxygen atoms in total. The van der Waals surface area contributed by atoms with E-state index in [1.165, 1.54) is 6.42 Å². The quantitative estimate of drug-likeness (QED) is 0.787. The lowest BCUT2D eigenvalue weighted by molar-refractivity contribution is -0.137. The Kier molecular flexibility index (Phi) is 3.28. The molecule has 1 amide bonds. The van der Waals surface area contributed by atoms with Crippen LogP contribution >= 0.6 is 0 Å². The van der Waals surface area contributed by atoms with E-state index in [0.717, 1.165) is 32.2 Å². The lowest BCUT2D eigenvalue weighted by Crippen LogP contribution is -2.47. The van der Waals surface area contributed by atoms with Gasteiger partial charge < -0.3 is 9.64 Å². The second-order valence-corrected chi connectivity index (χ2v) is 8.39. The molecule has 2 aliphatic carbocycles. The van der Waals surface area contributed by atoms with Crippen molar-refractivity contribution in [1.82, 2.24) is 4.90 Å². The van der Waals surface area contributed by atoms with Crippen LogP contribution in [0, 0.1) is 17.8 Å². The molecule has 3 fully saturated rings. The van der Waals surface area contributed by atoms with Gasteiger partial charge in [0.1, 0.15) is 11.4 Å². The average Bonchev–Trinajstić information content (AvgIpc) is 3.26. The van der Waals surface area contributed by atoms with Crippen LogP contribution in [0.1, 0.15) is 55.8 Å². The van der Waals surface area contributed by atoms with E-state index in [4.69, 9.17) is 4.74 Å². The zero-order valence-electron chi connectivity index (χ0n) is 14.7. The molecule has 5 atom stereocenters. The van der Waals surface area contributed by atoms with Crippen LogP contribution in [0.4, 0.5) is 0 Å². The molecule has 0 unspecified atom stereocenters. The summed E-state index contributed by atoms with van der Waals surface area (Å²) in [5.41, 5.74) is 0.264. The number of Topliss-reactive ketones (excluding diaryl/α,β-unsaturated/α-hetero) is 1. The van der Waals surface area contributed by atoms with Crippen molar-refractivity contribution in [3.05, 3.63) is 29.8 Å². The third-order valence-corrected chi connectivity index (χ3v) is 7.01. The Morgan fingerprint density at radius 1 is 1.24 bits per heavy atom. The van der Waals surface area contributed by atoms with Gasteiger partial charge in [-0.3, -0.25) is 9.59 Å². The lowest BCUT2D eigenvalue weighted by Gasteiger charge is -2.38. The lowest BCUT2D eigenvalue weighted by atomic mass is 9.84. The SMILES string of the molecule is C[C@@H]1CCCCN1C(=O)[C@@H]1[C@@H]2CC[C@@]3(CC(=O)c4ccccc4O3)[C@H]21. The predicted octanol–water partition coefficient (Wildman–Crippen LogP) is 3.45. The summed E-state index contributed by atoms with van der Waals surface area (Å²) in [6, 6.07) is 7.90. The number of para-hydroxylation sites is 1. The van der Waals surface area contributed by atoms with Crippen LogP contribution in [-0.4, -0.2) is 34.8 Å². The van der Waals surface area contributed by atoms with Crippen LogP contribution in [0.5, 0.6) is 5.75 Å². The van der Waals surface area contributed by atoms with Gasteiger partial charge in [-0.15, -0.1) is 0 Å². The molecule has 5 rings (SSSR count). The monoisotopic (exact) mass is 339 g/mol. The summed E-state index contributed by atoms with van der Waals surface area (Å²) in [4.78, 5) is 27.9. The molecule has 4 heteroatoms. The Bertz CT molecular complexity index is 744. The summed E-state index contributed by atoms with van der Waals surface area (Å²) >= 11 is 0. The summed E-state index contributed by atoms with van der Waals surface area (Å²) in [7, 11) is 0. The zero-order valence-corrected chi connectivity index (χ0v) is 14.7. The first-order chi connectivity index (χ1) is 12.1. The number of ketones is 1. The largest absolute Gasteiger partial charge is 0.486 e. The van der Waals surface area contributed by atoms with E-state index in [1.807, 2.05) is 24.3 Å². The average molecular weight is 339 g/mol. The normalized spacial score (nSPS) is 38.9. The van der Waals surface area contributed by atoms with E-state index in [2.05, 4.69) is 11.8 Å². The fraction of sp³-hybridized carbons (Fsp3) is 0.619. The summed E-state index contributed by atoms with van der Waals surface area (Å²) in [5, 5.41) is 0. The second-order valence-electron chi connectivity index (χ2n) is 8.39. The third-order valence-electron chi connectivity index (χ3n) is 7.01. The minimum atomic E-state index is -0.435. The van der Waals surface area contributed by atoms with E-state index in [1.54, 1.807) is 0 Å². The Labute approximate surface area is 148 Å². The molecule has 1 saturated heterocycles. The van der Waals surface area contributed by atoms with Crippen LogP contribution in [0.25, 0.3) is 0 Å². The first-order valence-corrected chi connectivity index (χ1v) is 9.72. The standard InChI is InChI=1S/C21H25NO3/c1-13-6-4-5-11-22(13)20(24)18-15-9-10-21(19(15)18)12-16(23)14-7-2-3-8-17(14)25-21/h2-3,7-8,13,15,18-19H,4-6,9-12H2,1H3/t13-,15+,18-,19-,21-/m1/s1. The minimum Gasteiger partial charge on any atom is -0.486 e. The summed E-state index contributed by atoms with van der Waals surface area (Å²) < 4.78 is 6.41. The minimum absolute atomic E-state index is 0.0763. The van der Waals surface area contributed by atoms with Crippen molar-refractivity contribution >= 4 is 11.7 Å². The molecular formula is C21H25NO3. The molecule has 0 aromatic heterocycles. The van der Waals surface area contributed by atoms with Gasteiger partial charge in [0, 0.05) is 24.4 Å². The van der Waals surface area contributed by atoms with Gasteiger partial charge in [-0.25, -0.2) is 0 Å². The molecule has 2 aliphatic heterocycles. The number of amides is 1. The van der Waals surface area contributed by atoms with Crippen molar-refractivity contribution < 1.29 is 14.3 Å². The Morgan fingerprint density at radius 3 is 2.92 bits per heavy atom. The van der Waals surface area contributed by atoms with Crippen LogP contribution in [0.15, 0.2) is 24.3 Å². The Hall–Kier alpha value is -1.84. The van der Waals surface area contributed by atoms with Gasteiger partial charge in [0.15, 0.2) is 5.78 Å². The van der Waals surface area contributed by atoms with Crippen LogP contribution in [-0.2, 0) is 4.79 Å². The number of hydrogen-bond acceptors (Lipinski definition) is 3. The maximum Gasteiger partial charge on any atom is 0.226 e. The highest BCUT2D eigenvalue weighted by atomic mass is 16.5. The van der Waals surface area contributed by atoms with Gasteiger partial charge >= 0.3 is 0 Å². The van der Waals surface area contributed by atoms with Crippen molar-refractivity contribution in [2.24, 2.45) is 17.8 Å². The first kappa shape index (κ1) is 15.4. The van der Waals surface area contributed by atoms with E-state index in [0.29, 0.717) is 35.6 Å². The number of piperidine rings is 1. The molecule has 1 aromatic carbocycles. The summed E-state index contributed by atoms with van der Waals surface area (Å²) in [6.07, 6.45) is 5.80. The first-order valence-electron chi connectivity index (χ1n) is 9.72. The molecule has 1 spiro atoms. The molecule has 0 N–H and O–H groups in total. The molecule has 2 saturated carbocycles. The number of fused-ring (bicyclic) bond motifs is 3. The fourth-order valence-electron chi connectivity index (χ4n) is 5.72. The van der Waals surface area contributed by atoms with Gasteiger partial charge in [-0.05, 0) is 57.1 Å². The number of nitrogens with zero attached hydrogens (tertiary/aromatic N) is 1. The van der Waals surface area contributed by atoms with Gasteiger partial charge in [0.05, 0.1) is 12.0 Å². The molecular weight excluding hydrogens is 314 g/mol. The predicted molar refractivity (Wildman–Crippen MR) is 93.5 cm³/mol. The van der Waals surface area contributed by atoms with Crippen molar-refractivity contribution in [3.63, 3.8) is 0 Å². The number of ether oxygens (including phenoxy) is 1. The molecule has 0 bridgehead atoms. The fourth-order valence-corrected chi connectivity index (χ4v) is 5.72. The number of carbonyl (C=O) groups is 2. The molecule has 0 radical (unpaired) electrons. The highest BCUT2D eigenvalue weighted by Crippen LogP contribution is 2.66. The smallest absolute Gasteiger partial charge is 0.226 e. The molecule has 2 heterocycles. The molecule has 1 aromatic rings. The third kappa shape index (κ3) is 2.19. The van der Waals surface area contributed by atoms with E-state index < -0.39 is 5.60 Å². The van der Waals surface area contributed by atoms with Crippen LogP contribution < -0.4 is 4.74 Å². The number of carbonyl (C=O) groups excluding carboxylic acids is 2. The molecule has 4 aliphatic rings. The van der Waals surface area contributed by atoms with E-state index in [-0.39, 0.29) is 17.6 Å². The highest BCUT2D eigenvalue weighted by Gasteiger charge is 2.71. The van der Waals surface area contributed by atoms with Gasteiger partial charge in [0.2, 0.25) is 5.91 Å². The van der Waals surface area contributed by atoms with Crippen molar-refractivity contribution in [3.8, 4) is 5.75 Å². The van der Waals surface area contributed by atoms with Gasteiger partial charge in [0.25, 0.3) is 0 Å². The summed E-state index contributed by atoms with van der Waals surface area (Å²) in [5.74, 6) is 1.92. The van der Waals surface area contributed by atoms with Gasteiger partial charge in [-0.2, -0.15) is 0 Å². The molecule has 132 valence electrons. The zero-order chi connectivity index (χ0) is 17.2. The Balaban J connectivity index is 1.40. The summed E-state index contributed by atoms with van der Waals surface area (Å²) in [6.45, 7) is 3.06. The maximum absolute atomic E-state index is 13.1. The number of rotatable bonds is 1. The highest BCUT2D eigenvalue weighted by molar-refractivity contribution is 6.00. The second kappa shape index (κ2) is 5.33. The van der Waals surface area contributed by atoms with E-state index in [9.17, 15) is 9.59 Å². The Morgan fingerprint density at radius 2 is 2.08 bits per heavy atom.